The van der Waals surface area contributed by atoms with Crippen LogP contribution in [0.1, 0.15) is 37.0 Å². The lowest BCUT2D eigenvalue weighted by atomic mass is 9.96. The number of hydrogen-bond acceptors (Lipinski definition) is 5. The molecule has 0 aliphatic heterocycles. The molecule has 3 rings (SSSR count). The SMILES string of the molecule is CC(C)(C)c1nnc2sc(-c3ccc(C(=O)O)cc3)nn12. The predicted octanol–water partition coefficient (Wildman–Crippen LogP) is 2.85. The van der Waals surface area contributed by atoms with Crippen molar-refractivity contribution in [3.8, 4) is 10.6 Å². The van der Waals surface area contributed by atoms with E-state index in [1.54, 1.807) is 28.8 Å². The van der Waals surface area contributed by atoms with E-state index >= 15 is 0 Å². The topological polar surface area (TPSA) is 80.4 Å². The number of carbonyl (C=O) groups is 1. The molecular weight excluding hydrogens is 288 g/mol. The molecule has 0 atom stereocenters. The van der Waals surface area contributed by atoms with E-state index in [0.29, 0.717) is 0 Å². The van der Waals surface area contributed by atoms with Crippen LogP contribution in [0.5, 0.6) is 0 Å². The summed E-state index contributed by atoms with van der Waals surface area (Å²) in [7, 11) is 0. The lowest BCUT2D eigenvalue weighted by Gasteiger charge is -2.13. The zero-order valence-electron chi connectivity index (χ0n) is 11.9. The van der Waals surface area contributed by atoms with Gasteiger partial charge in [0.25, 0.3) is 0 Å². The average Bonchev–Trinajstić information content (AvgIpc) is 2.96. The minimum atomic E-state index is -0.935. The van der Waals surface area contributed by atoms with Crippen LogP contribution in [0.15, 0.2) is 24.3 Å². The van der Waals surface area contributed by atoms with E-state index in [2.05, 4.69) is 36.1 Å². The first-order valence-electron chi connectivity index (χ1n) is 6.43. The number of hydrogen-bond donors (Lipinski definition) is 1. The molecule has 108 valence electrons. The zero-order valence-corrected chi connectivity index (χ0v) is 12.7. The van der Waals surface area contributed by atoms with Crippen LogP contribution in [0.2, 0.25) is 0 Å². The molecule has 0 fully saturated rings. The summed E-state index contributed by atoms with van der Waals surface area (Å²) in [5, 5.41) is 22.6. The molecule has 0 spiro atoms. The number of rotatable bonds is 2. The van der Waals surface area contributed by atoms with Gasteiger partial charge in [0.05, 0.1) is 5.56 Å². The molecule has 3 aromatic rings. The second-order valence-electron chi connectivity index (χ2n) is 5.76. The Morgan fingerprint density at radius 2 is 1.86 bits per heavy atom. The van der Waals surface area contributed by atoms with Crippen molar-refractivity contribution in [1.29, 1.82) is 0 Å². The maximum atomic E-state index is 10.9. The molecule has 0 radical (unpaired) electrons. The number of benzene rings is 1. The normalized spacial score (nSPS) is 12.0. The largest absolute Gasteiger partial charge is 0.478 e. The number of nitrogens with zero attached hydrogens (tertiary/aromatic N) is 4. The fourth-order valence-corrected chi connectivity index (χ4v) is 2.80. The maximum Gasteiger partial charge on any atom is 0.335 e. The summed E-state index contributed by atoms with van der Waals surface area (Å²) in [6, 6.07) is 6.66. The molecule has 0 amide bonds. The highest BCUT2D eigenvalue weighted by Gasteiger charge is 2.23. The van der Waals surface area contributed by atoms with E-state index in [9.17, 15) is 4.79 Å². The Kier molecular flexibility index (Phi) is 3.02. The summed E-state index contributed by atoms with van der Waals surface area (Å²) in [5.74, 6) is -0.128. The van der Waals surface area contributed by atoms with Gasteiger partial charge in [0.1, 0.15) is 5.01 Å². The van der Waals surface area contributed by atoms with Gasteiger partial charge < -0.3 is 5.11 Å². The molecule has 0 saturated heterocycles. The highest BCUT2D eigenvalue weighted by Crippen LogP contribution is 2.28. The Bertz CT molecular complexity index is 812. The van der Waals surface area contributed by atoms with Crippen molar-refractivity contribution < 1.29 is 9.90 Å². The van der Waals surface area contributed by atoms with Gasteiger partial charge >= 0.3 is 5.97 Å². The first-order valence-corrected chi connectivity index (χ1v) is 7.24. The lowest BCUT2D eigenvalue weighted by molar-refractivity contribution is 0.0697. The third-order valence-electron chi connectivity index (χ3n) is 3.04. The minimum Gasteiger partial charge on any atom is -0.478 e. The van der Waals surface area contributed by atoms with Gasteiger partial charge in [-0.25, -0.2) is 4.79 Å². The molecule has 7 heteroatoms. The number of carboxylic acids is 1. The van der Waals surface area contributed by atoms with Crippen LogP contribution in [0.25, 0.3) is 15.5 Å². The van der Waals surface area contributed by atoms with Crippen LogP contribution in [0, 0.1) is 0 Å². The van der Waals surface area contributed by atoms with Crippen LogP contribution in [0.4, 0.5) is 0 Å². The van der Waals surface area contributed by atoms with Crippen molar-refractivity contribution in [2.45, 2.75) is 26.2 Å². The van der Waals surface area contributed by atoms with Crippen LogP contribution in [-0.4, -0.2) is 30.9 Å². The van der Waals surface area contributed by atoms with Crippen molar-refractivity contribution in [2.24, 2.45) is 0 Å². The zero-order chi connectivity index (χ0) is 15.2. The van der Waals surface area contributed by atoms with Crippen LogP contribution >= 0.6 is 11.3 Å². The smallest absolute Gasteiger partial charge is 0.335 e. The summed E-state index contributed by atoms with van der Waals surface area (Å²) in [6.07, 6.45) is 0. The Morgan fingerprint density at radius 1 is 1.19 bits per heavy atom. The second-order valence-corrected chi connectivity index (χ2v) is 6.71. The third kappa shape index (κ3) is 2.40. The van der Waals surface area contributed by atoms with Crippen molar-refractivity contribution in [3.63, 3.8) is 0 Å². The summed E-state index contributed by atoms with van der Waals surface area (Å²) in [6.45, 7) is 6.18. The van der Waals surface area contributed by atoms with Crippen molar-refractivity contribution in [2.75, 3.05) is 0 Å². The van der Waals surface area contributed by atoms with E-state index in [1.165, 1.54) is 11.3 Å². The quantitative estimate of drug-likeness (QED) is 0.787. The number of fused-ring (bicyclic) bond motifs is 1. The summed E-state index contributed by atoms with van der Waals surface area (Å²) < 4.78 is 1.76. The molecule has 0 aliphatic rings. The van der Waals surface area contributed by atoms with Gasteiger partial charge in [0.15, 0.2) is 5.82 Å². The molecule has 0 bridgehead atoms. The second kappa shape index (κ2) is 4.63. The van der Waals surface area contributed by atoms with E-state index in [1.807, 2.05) is 0 Å². The van der Waals surface area contributed by atoms with Gasteiger partial charge in [-0.05, 0) is 12.1 Å². The standard InChI is InChI=1S/C14H14N4O2S/c1-14(2,3)12-15-16-13-18(12)17-10(21-13)8-4-6-9(7-5-8)11(19)20/h4-7H,1-3H3,(H,19,20). The van der Waals surface area contributed by atoms with Gasteiger partial charge in [0.2, 0.25) is 4.96 Å². The van der Waals surface area contributed by atoms with E-state index < -0.39 is 5.97 Å². The van der Waals surface area contributed by atoms with Crippen molar-refractivity contribution in [3.05, 3.63) is 35.7 Å². The molecule has 0 unspecified atom stereocenters. The highest BCUT2D eigenvalue weighted by atomic mass is 32.1. The average molecular weight is 302 g/mol. The maximum absolute atomic E-state index is 10.9. The van der Waals surface area contributed by atoms with Gasteiger partial charge in [-0.1, -0.05) is 44.2 Å². The first-order chi connectivity index (χ1) is 9.86. The molecule has 21 heavy (non-hydrogen) atoms. The molecule has 1 N–H and O–H groups in total. The van der Waals surface area contributed by atoms with E-state index in [0.717, 1.165) is 21.4 Å². The van der Waals surface area contributed by atoms with Crippen LogP contribution in [0.3, 0.4) is 0 Å². The minimum absolute atomic E-state index is 0.141. The lowest BCUT2D eigenvalue weighted by Crippen LogP contribution is -2.16. The Morgan fingerprint density at radius 3 is 2.43 bits per heavy atom. The summed E-state index contributed by atoms with van der Waals surface area (Å²) in [4.78, 5) is 11.6. The Balaban J connectivity index is 2.05. The van der Waals surface area contributed by atoms with E-state index in [-0.39, 0.29) is 11.0 Å². The van der Waals surface area contributed by atoms with Gasteiger partial charge in [-0.15, -0.1) is 10.2 Å². The molecule has 2 aromatic heterocycles. The molecule has 0 saturated carbocycles. The molecule has 6 nitrogen and oxygen atoms in total. The fourth-order valence-electron chi connectivity index (χ4n) is 1.96. The summed E-state index contributed by atoms with van der Waals surface area (Å²) in [5.41, 5.74) is 0.991. The number of carboxylic acid groups (broad SMARTS) is 1. The molecule has 2 heterocycles. The third-order valence-corrected chi connectivity index (χ3v) is 3.99. The molecule has 1 aromatic carbocycles. The predicted molar refractivity (Wildman–Crippen MR) is 79.8 cm³/mol. The van der Waals surface area contributed by atoms with Crippen molar-refractivity contribution in [1.82, 2.24) is 19.8 Å². The van der Waals surface area contributed by atoms with Gasteiger partial charge in [-0.2, -0.15) is 9.61 Å². The van der Waals surface area contributed by atoms with Gasteiger partial charge in [0, 0.05) is 11.0 Å². The van der Waals surface area contributed by atoms with Crippen molar-refractivity contribution >= 4 is 22.3 Å². The monoisotopic (exact) mass is 302 g/mol. The van der Waals surface area contributed by atoms with Crippen LogP contribution in [-0.2, 0) is 5.41 Å². The van der Waals surface area contributed by atoms with Crippen LogP contribution < -0.4 is 0 Å². The molecular formula is C14H14N4O2S. The fraction of sp³-hybridized carbons (Fsp3) is 0.286. The van der Waals surface area contributed by atoms with Gasteiger partial charge in [-0.3, -0.25) is 0 Å². The summed E-state index contributed by atoms with van der Waals surface area (Å²) >= 11 is 1.43. The Hall–Kier alpha value is -2.28. The number of aromatic carboxylic acids is 1. The Labute approximate surface area is 125 Å². The molecule has 0 aliphatic carbocycles. The first kappa shape index (κ1) is 13.7. The number of aromatic nitrogens is 4. The highest BCUT2D eigenvalue weighted by molar-refractivity contribution is 7.19. The van der Waals surface area contributed by atoms with E-state index in [4.69, 9.17) is 5.11 Å².